The lowest BCUT2D eigenvalue weighted by Crippen LogP contribution is -2.11. The minimum absolute atomic E-state index is 0.102. The maximum atomic E-state index is 6.09. The summed E-state index contributed by atoms with van der Waals surface area (Å²) in [7, 11) is 0. The Hall–Kier alpha value is 0.1000. The van der Waals surface area contributed by atoms with Crippen LogP contribution >= 0.6 is 31.9 Å². The molecule has 0 aliphatic heterocycles. The van der Waals surface area contributed by atoms with Gasteiger partial charge >= 0.3 is 0 Å². The van der Waals surface area contributed by atoms with Crippen LogP contribution in [0.1, 0.15) is 30.9 Å². The van der Waals surface area contributed by atoms with Crippen LogP contribution in [-0.2, 0) is 0 Å². The maximum absolute atomic E-state index is 6.09. The van der Waals surface area contributed by atoms with Crippen molar-refractivity contribution in [2.45, 2.75) is 25.3 Å². The van der Waals surface area contributed by atoms with E-state index in [-0.39, 0.29) is 6.04 Å². The zero-order valence-corrected chi connectivity index (χ0v) is 11.7. The zero-order chi connectivity index (χ0) is 11.3. The molecular weight excluding hydrogens is 320 g/mol. The fraction of sp³-hybridized carbons (Fsp3) is 0.455. The molecule has 0 aliphatic carbocycles. The predicted octanol–water partition coefficient (Wildman–Crippen LogP) is 3.34. The predicted molar refractivity (Wildman–Crippen MR) is 71.7 cm³/mol. The lowest BCUT2D eigenvalue weighted by Gasteiger charge is -2.12. The van der Waals surface area contributed by atoms with Crippen LogP contribution in [0.2, 0.25) is 0 Å². The molecule has 0 spiro atoms. The molecule has 1 aromatic rings. The largest absolute Gasteiger partial charge is 0.330 e. The van der Waals surface area contributed by atoms with E-state index in [1.54, 1.807) is 0 Å². The number of unbranched alkanes of at least 4 members (excludes halogenated alkanes) is 1. The molecule has 1 rings (SSSR count). The SMILES string of the molecule is NCCCC[C@@H](N)c1cc(Br)cc(Br)c1. The van der Waals surface area contributed by atoms with E-state index in [1.807, 2.05) is 6.07 Å². The second-order valence-electron chi connectivity index (χ2n) is 3.59. The summed E-state index contributed by atoms with van der Waals surface area (Å²) in [6.45, 7) is 0.745. The average molecular weight is 336 g/mol. The molecule has 4 heteroatoms. The fourth-order valence-corrected chi connectivity index (χ4v) is 2.79. The molecule has 0 radical (unpaired) electrons. The standard InChI is InChI=1S/C11H16Br2N2/c12-9-5-8(6-10(13)7-9)11(15)3-1-2-4-14/h5-7,11H,1-4,14-15H2/t11-/m1/s1. The highest BCUT2D eigenvalue weighted by atomic mass is 79.9. The first kappa shape index (κ1) is 13.2. The summed E-state index contributed by atoms with van der Waals surface area (Å²) in [6.07, 6.45) is 3.12. The van der Waals surface area contributed by atoms with E-state index in [1.165, 1.54) is 0 Å². The summed E-state index contributed by atoms with van der Waals surface area (Å²) in [6, 6.07) is 6.25. The molecule has 1 aromatic carbocycles. The number of halogens is 2. The van der Waals surface area contributed by atoms with Gasteiger partial charge in [-0.15, -0.1) is 0 Å². The van der Waals surface area contributed by atoms with Crippen molar-refractivity contribution >= 4 is 31.9 Å². The van der Waals surface area contributed by atoms with Crippen LogP contribution in [0.4, 0.5) is 0 Å². The molecule has 0 aromatic heterocycles. The highest BCUT2D eigenvalue weighted by Crippen LogP contribution is 2.25. The van der Waals surface area contributed by atoms with Gasteiger partial charge in [0.15, 0.2) is 0 Å². The summed E-state index contributed by atoms with van der Waals surface area (Å²) in [4.78, 5) is 0. The van der Waals surface area contributed by atoms with Crippen LogP contribution < -0.4 is 11.5 Å². The van der Waals surface area contributed by atoms with Crippen LogP contribution in [-0.4, -0.2) is 6.54 Å². The van der Waals surface area contributed by atoms with Gasteiger partial charge in [0.25, 0.3) is 0 Å². The molecule has 1 atom stereocenters. The summed E-state index contributed by atoms with van der Waals surface area (Å²) < 4.78 is 2.11. The van der Waals surface area contributed by atoms with Gasteiger partial charge < -0.3 is 11.5 Å². The highest BCUT2D eigenvalue weighted by molar-refractivity contribution is 9.11. The van der Waals surface area contributed by atoms with Crippen LogP contribution in [0.5, 0.6) is 0 Å². The molecule has 0 unspecified atom stereocenters. The molecule has 0 saturated carbocycles. The monoisotopic (exact) mass is 334 g/mol. The van der Waals surface area contributed by atoms with Crippen LogP contribution in [0.15, 0.2) is 27.1 Å². The average Bonchev–Trinajstić information content (AvgIpc) is 2.16. The summed E-state index contributed by atoms with van der Waals surface area (Å²) in [5, 5.41) is 0. The van der Waals surface area contributed by atoms with E-state index in [9.17, 15) is 0 Å². The molecule has 0 bridgehead atoms. The van der Waals surface area contributed by atoms with Crippen LogP contribution in [0, 0.1) is 0 Å². The normalized spacial score (nSPS) is 12.8. The van der Waals surface area contributed by atoms with Gasteiger partial charge in [0.1, 0.15) is 0 Å². The summed E-state index contributed by atoms with van der Waals surface area (Å²) in [5.74, 6) is 0. The minimum atomic E-state index is 0.102. The Balaban J connectivity index is 2.60. The topological polar surface area (TPSA) is 52.0 Å². The van der Waals surface area contributed by atoms with Gasteiger partial charge in [0.2, 0.25) is 0 Å². The number of benzene rings is 1. The van der Waals surface area contributed by atoms with Crippen molar-refractivity contribution in [1.82, 2.24) is 0 Å². The first-order valence-corrected chi connectivity index (χ1v) is 6.63. The molecule has 0 aliphatic rings. The van der Waals surface area contributed by atoms with E-state index in [0.29, 0.717) is 0 Å². The van der Waals surface area contributed by atoms with Gasteiger partial charge in [-0.25, -0.2) is 0 Å². The van der Waals surface area contributed by atoms with E-state index >= 15 is 0 Å². The lowest BCUT2D eigenvalue weighted by atomic mass is 10.0. The number of nitrogens with two attached hydrogens (primary N) is 2. The van der Waals surface area contributed by atoms with E-state index in [2.05, 4.69) is 44.0 Å². The van der Waals surface area contributed by atoms with E-state index in [4.69, 9.17) is 11.5 Å². The molecule has 0 heterocycles. The number of hydrogen-bond donors (Lipinski definition) is 2. The Kier molecular flexibility index (Phi) is 5.82. The van der Waals surface area contributed by atoms with Crippen molar-refractivity contribution in [2.24, 2.45) is 11.5 Å². The van der Waals surface area contributed by atoms with Gasteiger partial charge in [0.05, 0.1) is 0 Å². The minimum Gasteiger partial charge on any atom is -0.330 e. The number of rotatable bonds is 5. The Morgan fingerprint density at radius 3 is 2.20 bits per heavy atom. The molecule has 84 valence electrons. The van der Waals surface area contributed by atoms with E-state index in [0.717, 1.165) is 40.3 Å². The molecule has 4 N–H and O–H groups in total. The second kappa shape index (κ2) is 6.63. The zero-order valence-electron chi connectivity index (χ0n) is 8.55. The molecule has 0 amide bonds. The Morgan fingerprint density at radius 2 is 1.67 bits per heavy atom. The van der Waals surface area contributed by atoms with Gasteiger partial charge in [-0.3, -0.25) is 0 Å². The quantitative estimate of drug-likeness (QED) is 0.811. The van der Waals surface area contributed by atoms with Crippen LogP contribution in [0.3, 0.4) is 0 Å². The number of hydrogen-bond acceptors (Lipinski definition) is 2. The smallest absolute Gasteiger partial charge is 0.0295 e. The molecule has 15 heavy (non-hydrogen) atoms. The van der Waals surface area contributed by atoms with Gasteiger partial charge in [0, 0.05) is 15.0 Å². The fourth-order valence-electron chi connectivity index (χ4n) is 1.46. The molecule has 0 saturated heterocycles. The summed E-state index contributed by atoms with van der Waals surface area (Å²) >= 11 is 6.92. The highest BCUT2D eigenvalue weighted by Gasteiger charge is 2.07. The van der Waals surface area contributed by atoms with E-state index < -0.39 is 0 Å². The van der Waals surface area contributed by atoms with Crippen molar-refractivity contribution in [3.05, 3.63) is 32.7 Å². The molecule has 2 nitrogen and oxygen atoms in total. The van der Waals surface area contributed by atoms with Crippen molar-refractivity contribution in [1.29, 1.82) is 0 Å². The van der Waals surface area contributed by atoms with Crippen molar-refractivity contribution in [3.8, 4) is 0 Å². The lowest BCUT2D eigenvalue weighted by molar-refractivity contribution is 0.590. The third-order valence-corrected chi connectivity index (χ3v) is 3.20. The first-order chi connectivity index (χ1) is 7.13. The van der Waals surface area contributed by atoms with Crippen LogP contribution in [0.25, 0.3) is 0 Å². The van der Waals surface area contributed by atoms with Crippen molar-refractivity contribution in [2.75, 3.05) is 6.54 Å². The molecule has 0 fully saturated rings. The summed E-state index contributed by atoms with van der Waals surface area (Å²) in [5.41, 5.74) is 12.7. The van der Waals surface area contributed by atoms with Gasteiger partial charge in [-0.1, -0.05) is 38.3 Å². The van der Waals surface area contributed by atoms with Crippen molar-refractivity contribution in [3.63, 3.8) is 0 Å². The van der Waals surface area contributed by atoms with Gasteiger partial charge in [-0.05, 0) is 43.1 Å². The molecular formula is C11H16Br2N2. The second-order valence-corrected chi connectivity index (χ2v) is 5.43. The third-order valence-electron chi connectivity index (χ3n) is 2.28. The Bertz CT molecular complexity index is 295. The van der Waals surface area contributed by atoms with Gasteiger partial charge in [-0.2, -0.15) is 0 Å². The Morgan fingerprint density at radius 1 is 1.07 bits per heavy atom. The third kappa shape index (κ3) is 4.64. The first-order valence-electron chi connectivity index (χ1n) is 5.05. The Labute approximate surface area is 108 Å². The van der Waals surface area contributed by atoms with Crippen molar-refractivity contribution < 1.29 is 0 Å². The maximum Gasteiger partial charge on any atom is 0.0295 e.